The average Bonchev–Trinajstić information content (AvgIpc) is 2.81. The van der Waals surface area contributed by atoms with Crippen LogP contribution >= 0.6 is 15.9 Å². The molecule has 4 heteroatoms. The van der Waals surface area contributed by atoms with Gasteiger partial charge in [0.1, 0.15) is 0 Å². The van der Waals surface area contributed by atoms with Gasteiger partial charge in [0.15, 0.2) is 0 Å². The molecule has 1 aromatic carbocycles. The quantitative estimate of drug-likeness (QED) is 0.851. The first-order valence-corrected chi connectivity index (χ1v) is 7.52. The molecule has 0 amide bonds. The maximum atomic E-state index is 5.87. The van der Waals surface area contributed by atoms with Crippen LogP contribution in [-0.2, 0) is 6.54 Å². The lowest BCUT2D eigenvalue weighted by Gasteiger charge is -2.37. The van der Waals surface area contributed by atoms with Crippen LogP contribution in [0.3, 0.4) is 0 Å². The molecule has 2 heterocycles. The summed E-state index contributed by atoms with van der Waals surface area (Å²) in [5, 5.41) is 0. The fraction of sp³-hybridized carbons (Fsp3) is 0.571. The molecular weight excluding hydrogens is 290 g/mol. The summed E-state index contributed by atoms with van der Waals surface area (Å²) in [7, 11) is 0. The number of nitrogens with zero attached hydrogens (tertiary/aromatic N) is 2. The summed E-state index contributed by atoms with van der Waals surface area (Å²) in [5.41, 5.74) is 8.03. The lowest BCUT2D eigenvalue weighted by atomic mass is 10.1. The van der Waals surface area contributed by atoms with Gasteiger partial charge in [-0.25, -0.2) is 0 Å². The van der Waals surface area contributed by atoms with Gasteiger partial charge in [-0.15, -0.1) is 0 Å². The summed E-state index contributed by atoms with van der Waals surface area (Å²) in [6.07, 6.45) is 2.75. The van der Waals surface area contributed by atoms with Gasteiger partial charge in [-0.1, -0.05) is 15.9 Å². The van der Waals surface area contributed by atoms with Crippen LogP contribution in [0.25, 0.3) is 0 Å². The third kappa shape index (κ3) is 2.56. The first-order valence-electron chi connectivity index (χ1n) is 6.73. The van der Waals surface area contributed by atoms with Crippen molar-refractivity contribution in [3.8, 4) is 0 Å². The lowest BCUT2D eigenvalue weighted by molar-refractivity contribution is 0.0992. The zero-order chi connectivity index (χ0) is 12.5. The van der Waals surface area contributed by atoms with Crippen molar-refractivity contribution in [2.24, 2.45) is 0 Å². The van der Waals surface area contributed by atoms with Gasteiger partial charge in [-0.05, 0) is 43.1 Å². The highest BCUT2D eigenvalue weighted by Gasteiger charge is 2.30. The Bertz CT molecular complexity index is 435. The van der Waals surface area contributed by atoms with Crippen molar-refractivity contribution in [3.63, 3.8) is 0 Å². The number of piperazine rings is 1. The molecule has 1 unspecified atom stereocenters. The average molecular weight is 310 g/mol. The number of fused-ring (bicyclic) bond motifs is 1. The molecular formula is C14H20BrN3. The first kappa shape index (κ1) is 12.5. The number of rotatable bonds is 2. The number of hydrogen-bond acceptors (Lipinski definition) is 3. The van der Waals surface area contributed by atoms with E-state index in [-0.39, 0.29) is 0 Å². The fourth-order valence-electron chi connectivity index (χ4n) is 3.16. The minimum atomic E-state index is 0.790. The maximum absolute atomic E-state index is 5.87. The van der Waals surface area contributed by atoms with Crippen LogP contribution in [-0.4, -0.2) is 42.0 Å². The van der Waals surface area contributed by atoms with Crippen molar-refractivity contribution in [1.29, 1.82) is 0 Å². The Morgan fingerprint density at radius 1 is 1.28 bits per heavy atom. The van der Waals surface area contributed by atoms with Crippen LogP contribution < -0.4 is 5.73 Å². The second-order valence-electron chi connectivity index (χ2n) is 5.42. The van der Waals surface area contributed by atoms with E-state index in [0.717, 1.165) is 18.3 Å². The molecule has 1 atom stereocenters. The summed E-state index contributed by atoms with van der Waals surface area (Å²) in [6, 6.07) is 6.88. The number of anilines is 1. The predicted molar refractivity (Wildman–Crippen MR) is 78.4 cm³/mol. The van der Waals surface area contributed by atoms with Gasteiger partial charge >= 0.3 is 0 Å². The van der Waals surface area contributed by atoms with Crippen LogP contribution in [0.15, 0.2) is 22.7 Å². The van der Waals surface area contributed by atoms with Crippen molar-refractivity contribution in [2.75, 3.05) is 31.9 Å². The Morgan fingerprint density at radius 3 is 3.06 bits per heavy atom. The monoisotopic (exact) mass is 309 g/mol. The van der Waals surface area contributed by atoms with E-state index in [4.69, 9.17) is 5.73 Å². The van der Waals surface area contributed by atoms with Gasteiger partial charge in [-0.2, -0.15) is 0 Å². The summed E-state index contributed by atoms with van der Waals surface area (Å²) >= 11 is 3.62. The van der Waals surface area contributed by atoms with Gasteiger partial charge in [0, 0.05) is 42.4 Å². The van der Waals surface area contributed by atoms with Crippen LogP contribution in [0.1, 0.15) is 18.4 Å². The van der Waals surface area contributed by atoms with Crippen molar-refractivity contribution < 1.29 is 0 Å². The van der Waals surface area contributed by atoms with E-state index in [1.807, 2.05) is 6.07 Å². The number of halogens is 1. The minimum Gasteiger partial charge on any atom is -0.399 e. The number of nitrogen functional groups attached to an aromatic ring is 1. The Hall–Kier alpha value is -0.580. The number of benzene rings is 1. The van der Waals surface area contributed by atoms with Gasteiger partial charge in [0.25, 0.3) is 0 Å². The summed E-state index contributed by atoms with van der Waals surface area (Å²) in [4.78, 5) is 5.21. The maximum Gasteiger partial charge on any atom is 0.0318 e. The van der Waals surface area contributed by atoms with E-state index in [2.05, 4.69) is 37.9 Å². The molecule has 1 aromatic rings. The van der Waals surface area contributed by atoms with Crippen molar-refractivity contribution in [2.45, 2.75) is 25.4 Å². The molecule has 0 radical (unpaired) electrons. The molecule has 2 fully saturated rings. The highest BCUT2D eigenvalue weighted by atomic mass is 79.9. The molecule has 0 spiro atoms. The highest BCUT2D eigenvalue weighted by Crippen LogP contribution is 2.25. The molecule has 0 aliphatic carbocycles. The predicted octanol–water partition coefficient (Wildman–Crippen LogP) is 2.31. The Balaban J connectivity index is 1.67. The molecule has 18 heavy (non-hydrogen) atoms. The van der Waals surface area contributed by atoms with Crippen molar-refractivity contribution in [3.05, 3.63) is 28.2 Å². The summed E-state index contributed by atoms with van der Waals surface area (Å²) in [6.45, 7) is 5.93. The summed E-state index contributed by atoms with van der Waals surface area (Å²) in [5.74, 6) is 0. The second kappa shape index (κ2) is 5.19. The van der Waals surface area contributed by atoms with E-state index in [0.29, 0.717) is 0 Å². The van der Waals surface area contributed by atoms with Crippen molar-refractivity contribution >= 4 is 21.6 Å². The normalized spacial score (nSPS) is 25.3. The third-order valence-electron chi connectivity index (χ3n) is 4.14. The standard InChI is InChI=1S/C14H20BrN3/c15-14-4-3-12(16)8-11(14)9-17-6-7-18-5-1-2-13(18)10-17/h3-4,8,13H,1-2,5-7,9-10,16H2. The van der Waals surface area contributed by atoms with E-state index in [9.17, 15) is 0 Å². The van der Waals surface area contributed by atoms with Crippen LogP contribution in [0.4, 0.5) is 5.69 Å². The Labute approximate surface area is 117 Å². The molecule has 0 aromatic heterocycles. The third-order valence-corrected chi connectivity index (χ3v) is 4.91. The molecule has 3 nitrogen and oxygen atoms in total. The second-order valence-corrected chi connectivity index (χ2v) is 6.27. The molecule has 0 bridgehead atoms. The van der Waals surface area contributed by atoms with Crippen LogP contribution in [0.2, 0.25) is 0 Å². The topological polar surface area (TPSA) is 32.5 Å². The largest absolute Gasteiger partial charge is 0.399 e. The molecule has 2 aliphatic heterocycles. The van der Waals surface area contributed by atoms with Gasteiger partial charge in [0.2, 0.25) is 0 Å². The van der Waals surface area contributed by atoms with Gasteiger partial charge < -0.3 is 5.73 Å². The summed E-state index contributed by atoms with van der Waals surface area (Å²) < 4.78 is 1.17. The molecule has 98 valence electrons. The van der Waals surface area contributed by atoms with E-state index in [1.165, 1.54) is 49.1 Å². The minimum absolute atomic E-state index is 0.790. The lowest BCUT2D eigenvalue weighted by Crippen LogP contribution is -2.49. The smallest absolute Gasteiger partial charge is 0.0318 e. The van der Waals surface area contributed by atoms with Crippen LogP contribution in [0, 0.1) is 0 Å². The van der Waals surface area contributed by atoms with Gasteiger partial charge in [-0.3, -0.25) is 9.80 Å². The van der Waals surface area contributed by atoms with E-state index >= 15 is 0 Å². The zero-order valence-corrected chi connectivity index (χ0v) is 12.2. The van der Waals surface area contributed by atoms with E-state index < -0.39 is 0 Å². The highest BCUT2D eigenvalue weighted by molar-refractivity contribution is 9.10. The first-order chi connectivity index (χ1) is 8.72. The molecule has 2 N–H and O–H groups in total. The van der Waals surface area contributed by atoms with Gasteiger partial charge in [0.05, 0.1) is 0 Å². The SMILES string of the molecule is Nc1ccc(Br)c(CN2CCN3CCCC3C2)c1. The Kier molecular flexibility index (Phi) is 3.59. The van der Waals surface area contributed by atoms with E-state index in [1.54, 1.807) is 0 Å². The molecule has 2 aliphatic rings. The fourth-order valence-corrected chi connectivity index (χ4v) is 3.53. The van der Waals surface area contributed by atoms with Crippen LogP contribution in [0.5, 0.6) is 0 Å². The van der Waals surface area contributed by atoms with Crippen molar-refractivity contribution in [1.82, 2.24) is 9.80 Å². The molecule has 0 saturated carbocycles. The Morgan fingerprint density at radius 2 is 2.17 bits per heavy atom. The zero-order valence-electron chi connectivity index (χ0n) is 10.6. The number of hydrogen-bond donors (Lipinski definition) is 1. The number of nitrogens with two attached hydrogens (primary N) is 1. The molecule has 2 saturated heterocycles. The molecule has 3 rings (SSSR count).